The van der Waals surface area contributed by atoms with Crippen LogP contribution in [0, 0.1) is 0 Å². The van der Waals surface area contributed by atoms with Gasteiger partial charge in [-0.1, -0.05) is 28.9 Å². The van der Waals surface area contributed by atoms with E-state index in [2.05, 4.69) is 10.1 Å². The maximum atomic E-state index is 9.20. The van der Waals surface area contributed by atoms with Crippen LogP contribution in [-0.2, 0) is 5.75 Å². The quantitative estimate of drug-likeness (QED) is 0.849. The second-order valence-electron chi connectivity index (χ2n) is 3.85. The van der Waals surface area contributed by atoms with Crippen molar-refractivity contribution in [2.45, 2.75) is 11.9 Å². The van der Waals surface area contributed by atoms with Gasteiger partial charge >= 0.3 is 0 Å². The molecule has 0 saturated carbocycles. The number of benzene rings is 1. The Bertz CT molecular complexity index is 535. The molecule has 1 atom stereocenters. The summed E-state index contributed by atoms with van der Waals surface area (Å²) < 4.78 is 5.14. The van der Waals surface area contributed by atoms with Crippen molar-refractivity contribution in [2.75, 3.05) is 12.4 Å². The number of halogens is 1. The maximum Gasteiger partial charge on any atom is 0.259 e. The molecule has 19 heavy (non-hydrogen) atoms. The summed E-state index contributed by atoms with van der Waals surface area (Å²) in [5.74, 6) is 1.84. The van der Waals surface area contributed by atoms with Gasteiger partial charge in [0, 0.05) is 5.75 Å². The van der Waals surface area contributed by atoms with Crippen LogP contribution in [0.1, 0.15) is 5.82 Å². The van der Waals surface area contributed by atoms with Crippen LogP contribution < -0.4 is 0 Å². The Kier molecular flexibility index (Phi) is 5.21. The van der Waals surface area contributed by atoms with Crippen molar-refractivity contribution in [3.8, 4) is 11.5 Å². The minimum Gasteiger partial charge on any atom is -0.394 e. The Hall–Kier alpha value is -1.08. The number of hydrogen-bond acceptors (Lipinski definition) is 6. The lowest BCUT2D eigenvalue weighted by Crippen LogP contribution is -2.14. The highest BCUT2D eigenvalue weighted by Crippen LogP contribution is 2.26. The highest BCUT2D eigenvalue weighted by Gasteiger charge is 2.12. The fourth-order valence-corrected chi connectivity index (χ4v) is 2.41. The highest BCUT2D eigenvalue weighted by atomic mass is 35.5. The van der Waals surface area contributed by atoms with E-state index in [1.54, 1.807) is 6.07 Å². The number of rotatable bonds is 6. The van der Waals surface area contributed by atoms with Crippen molar-refractivity contribution in [3.05, 3.63) is 35.1 Å². The van der Waals surface area contributed by atoms with E-state index in [1.165, 1.54) is 11.8 Å². The van der Waals surface area contributed by atoms with E-state index in [9.17, 15) is 5.11 Å². The van der Waals surface area contributed by atoms with Gasteiger partial charge in [0.15, 0.2) is 5.82 Å². The minimum atomic E-state index is -0.722. The lowest BCUT2D eigenvalue weighted by atomic mass is 10.2. The van der Waals surface area contributed by atoms with E-state index in [1.807, 2.05) is 18.2 Å². The van der Waals surface area contributed by atoms with Gasteiger partial charge in [0.05, 0.1) is 29.0 Å². The first kappa shape index (κ1) is 14.3. The van der Waals surface area contributed by atoms with Crippen LogP contribution in [0.15, 0.2) is 28.8 Å². The van der Waals surface area contributed by atoms with Gasteiger partial charge in [0.2, 0.25) is 0 Å². The first-order valence-electron chi connectivity index (χ1n) is 5.65. The zero-order valence-corrected chi connectivity index (χ0v) is 11.6. The molecule has 0 radical (unpaired) electrons. The van der Waals surface area contributed by atoms with Gasteiger partial charge < -0.3 is 14.7 Å². The molecule has 0 aliphatic rings. The molecule has 5 nitrogen and oxygen atoms in total. The highest BCUT2D eigenvalue weighted by molar-refractivity contribution is 7.98. The largest absolute Gasteiger partial charge is 0.394 e. The number of aromatic nitrogens is 2. The summed E-state index contributed by atoms with van der Waals surface area (Å²) in [5, 5.41) is 22.3. The second-order valence-corrected chi connectivity index (χ2v) is 5.28. The molecule has 1 aromatic carbocycles. The molecule has 2 rings (SSSR count). The molecule has 1 unspecified atom stereocenters. The van der Waals surface area contributed by atoms with Gasteiger partial charge in [0.1, 0.15) is 0 Å². The zero-order valence-electron chi connectivity index (χ0n) is 9.99. The maximum absolute atomic E-state index is 9.20. The monoisotopic (exact) mass is 300 g/mol. The minimum absolute atomic E-state index is 0.246. The molecule has 0 aliphatic heterocycles. The summed E-state index contributed by atoms with van der Waals surface area (Å²) in [6.45, 7) is -0.246. The third-order valence-corrected chi connectivity index (χ3v) is 3.74. The van der Waals surface area contributed by atoms with Gasteiger partial charge in [-0.25, -0.2) is 0 Å². The number of aliphatic hydroxyl groups is 2. The molecule has 0 bridgehead atoms. The summed E-state index contributed by atoms with van der Waals surface area (Å²) in [4.78, 5) is 4.24. The van der Waals surface area contributed by atoms with Crippen LogP contribution >= 0.6 is 23.4 Å². The van der Waals surface area contributed by atoms with Crippen molar-refractivity contribution in [2.24, 2.45) is 0 Å². The second kappa shape index (κ2) is 6.91. The number of aliphatic hydroxyl groups excluding tert-OH is 2. The first-order valence-corrected chi connectivity index (χ1v) is 7.18. The predicted molar refractivity (Wildman–Crippen MR) is 74.0 cm³/mol. The molecule has 1 aromatic heterocycles. The van der Waals surface area contributed by atoms with E-state index < -0.39 is 6.10 Å². The van der Waals surface area contributed by atoms with Crippen LogP contribution in [0.5, 0.6) is 0 Å². The summed E-state index contributed by atoms with van der Waals surface area (Å²) in [5.41, 5.74) is 0.698. The zero-order chi connectivity index (χ0) is 13.7. The summed E-state index contributed by atoms with van der Waals surface area (Å²) in [6, 6.07) is 7.24. The van der Waals surface area contributed by atoms with Crippen LogP contribution in [0.25, 0.3) is 11.5 Å². The molecule has 0 aliphatic carbocycles. The molecule has 102 valence electrons. The van der Waals surface area contributed by atoms with Crippen molar-refractivity contribution in [1.29, 1.82) is 0 Å². The summed E-state index contributed by atoms with van der Waals surface area (Å²) in [7, 11) is 0. The van der Waals surface area contributed by atoms with Crippen molar-refractivity contribution in [1.82, 2.24) is 10.1 Å². The van der Waals surface area contributed by atoms with Gasteiger partial charge in [-0.2, -0.15) is 16.7 Å². The molecule has 1 heterocycles. The van der Waals surface area contributed by atoms with E-state index >= 15 is 0 Å². The Morgan fingerprint density at radius 2 is 2.16 bits per heavy atom. The lowest BCUT2D eigenvalue weighted by molar-refractivity contribution is 0.113. The van der Waals surface area contributed by atoms with Crippen LogP contribution in [0.3, 0.4) is 0 Å². The predicted octanol–water partition coefficient (Wildman–Crippen LogP) is 1.98. The third-order valence-electron chi connectivity index (χ3n) is 2.32. The van der Waals surface area contributed by atoms with Crippen LogP contribution in [0.2, 0.25) is 5.02 Å². The molecule has 0 saturated heterocycles. The Morgan fingerprint density at radius 3 is 2.89 bits per heavy atom. The molecular formula is C12H13ClN2O3S. The number of thioether (sulfide) groups is 1. The van der Waals surface area contributed by atoms with Crippen molar-refractivity contribution >= 4 is 23.4 Å². The summed E-state index contributed by atoms with van der Waals surface area (Å²) >= 11 is 7.46. The Balaban J connectivity index is 1.98. The summed E-state index contributed by atoms with van der Waals surface area (Å²) in [6.07, 6.45) is -0.722. The third kappa shape index (κ3) is 3.94. The standard InChI is InChI=1S/C12H13ClN2O3S/c13-10-4-2-1-3-9(10)12-14-11(15-18-12)7-19-6-8(17)5-16/h1-4,8,16-17H,5-7H2. The van der Waals surface area contributed by atoms with Gasteiger partial charge in [-0.15, -0.1) is 0 Å². The van der Waals surface area contributed by atoms with Gasteiger partial charge in [-0.05, 0) is 12.1 Å². The van der Waals surface area contributed by atoms with E-state index in [0.717, 1.165) is 0 Å². The fourth-order valence-electron chi connectivity index (χ4n) is 1.40. The lowest BCUT2D eigenvalue weighted by Gasteiger charge is -2.03. The SMILES string of the molecule is OCC(O)CSCc1noc(-c2ccccc2Cl)n1. The molecule has 0 fully saturated rings. The number of nitrogens with zero attached hydrogens (tertiary/aromatic N) is 2. The average molecular weight is 301 g/mol. The number of hydrogen-bond donors (Lipinski definition) is 2. The molecule has 7 heteroatoms. The first-order chi connectivity index (χ1) is 9.20. The van der Waals surface area contributed by atoms with Gasteiger partial charge in [-0.3, -0.25) is 0 Å². The molecular weight excluding hydrogens is 288 g/mol. The molecule has 2 aromatic rings. The fraction of sp³-hybridized carbons (Fsp3) is 0.333. The molecule has 0 amide bonds. The van der Waals surface area contributed by atoms with Crippen molar-refractivity contribution < 1.29 is 14.7 Å². The normalized spacial score (nSPS) is 12.6. The van der Waals surface area contributed by atoms with E-state index in [0.29, 0.717) is 33.8 Å². The van der Waals surface area contributed by atoms with E-state index in [-0.39, 0.29) is 6.61 Å². The molecule has 0 spiro atoms. The smallest absolute Gasteiger partial charge is 0.259 e. The van der Waals surface area contributed by atoms with Crippen molar-refractivity contribution in [3.63, 3.8) is 0 Å². The Morgan fingerprint density at radius 1 is 1.37 bits per heavy atom. The van der Waals surface area contributed by atoms with E-state index in [4.69, 9.17) is 21.2 Å². The average Bonchev–Trinajstić information content (AvgIpc) is 2.87. The van der Waals surface area contributed by atoms with Crippen LogP contribution in [0.4, 0.5) is 0 Å². The topological polar surface area (TPSA) is 79.4 Å². The Labute approximate surface area is 119 Å². The van der Waals surface area contributed by atoms with Gasteiger partial charge in [0.25, 0.3) is 5.89 Å². The molecule has 2 N–H and O–H groups in total. The van der Waals surface area contributed by atoms with Crippen LogP contribution in [-0.4, -0.2) is 38.8 Å².